The van der Waals surface area contributed by atoms with Crippen molar-refractivity contribution in [1.29, 1.82) is 0 Å². The predicted molar refractivity (Wildman–Crippen MR) is 73.2 cm³/mol. The molecule has 1 unspecified atom stereocenters. The highest BCUT2D eigenvalue weighted by atomic mass is 32.2. The van der Waals surface area contributed by atoms with E-state index in [-0.39, 0.29) is 10.6 Å². The molecule has 1 aliphatic rings. The third-order valence-electron chi connectivity index (χ3n) is 3.10. The summed E-state index contributed by atoms with van der Waals surface area (Å²) in [6, 6.07) is 4.91. The number of hydrogen-bond acceptors (Lipinski definition) is 5. The molecule has 0 bridgehead atoms. The molecule has 5 nitrogen and oxygen atoms in total. The molecule has 18 heavy (non-hydrogen) atoms. The van der Waals surface area contributed by atoms with Gasteiger partial charge in [0, 0.05) is 29.6 Å². The molecule has 0 aromatic heterocycles. The minimum absolute atomic E-state index is 0.121. The van der Waals surface area contributed by atoms with Gasteiger partial charge in [0.25, 0.3) is 5.69 Å². The summed E-state index contributed by atoms with van der Waals surface area (Å²) in [6.07, 6.45) is 0.788. The molecule has 1 aliphatic heterocycles. The Kier molecular flexibility index (Phi) is 3.77. The van der Waals surface area contributed by atoms with Crippen molar-refractivity contribution in [3.8, 4) is 0 Å². The van der Waals surface area contributed by atoms with E-state index >= 15 is 0 Å². The highest BCUT2D eigenvalue weighted by Gasteiger charge is 2.31. The summed E-state index contributed by atoms with van der Waals surface area (Å²) in [4.78, 5) is 10.3. The number of nitrogens with one attached hydrogen (secondary N) is 1. The molecule has 1 heterocycles. The molecule has 0 amide bonds. The van der Waals surface area contributed by atoms with Crippen LogP contribution in [-0.4, -0.2) is 33.7 Å². The average Bonchev–Trinajstić information content (AvgIpc) is 2.74. The number of aryl methyl sites for hydroxylation is 1. The molecule has 98 valence electrons. The van der Waals surface area contributed by atoms with E-state index in [4.69, 9.17) is 0 Å². The number of thioether (sulfide) groups is 1. The van der Waals surface area contributed by atoms with Gasteiger partial charge in [0.05, 0.1) is 10.5 Å². The van der Waals surface area contributed by atoms with Gasteiger partial charge in [-0.1, -0.05) is 0 Å². The first kappa shape index (κ1) is 13.2. The minimum Gasteiger partial charge on any atom is -0.387 e. The van der Waals surface area contributed by atoms with Crippen molar-refractivity contribution < 1.29 is 10.0 Å². The van der Waals surface area contributed by atoms with E-state index in [1.807, 2.05) is 0 Å². The lowest BCUT2D eigenvalue weighted by molar-refractivity contribution is -0.385. The van der Waals surface area contributed by atoms with Gasteiger partial charge in [-0.05, 0) is 31.2 Å². The van der Waals surface area contributed by atoms with Crippen molar-refractivity contribution in [1.82, 2.24) is 0 Å². The first-order valence-corrected chi connectivity index (χ1v) is 6.95. The molecule has 1 aromatic carbocycles. The van der Waals surface area contributed by atoms with Gasteiger partial charge < -0.3 is 10.4 Å². The normalized spacial score (nSPS) is 23.0. The molecule has 1 saturated heterocycles. The maximum absolute atomic E-state index is 10.7. The van der Waals surface area contributed by atoms with Gasteiger partial charge in [0.15, 0.2) is 0 Å². The number of aliphatic hydroxyl groups is 1. The van der Waals surface area contributed by atoms with Crippen molar-refractivity contribution in [2.75, 3.05) is 23.4 Å². The fourth-order valence-corrected chi connectivity index (χ4v) is 3.27. The molecule has 1 fully saturated rings. The van der Waals surface area contributed by atoms with Gasteiger partial charge in [-0.15, -0.1) is 0 Å². The van der Waals surface area contributed by atoms with Crippen molar-refractivity contribution >= 4 is 23.1 Å². The standard InChI is InChI=1S/C12H16N2O3S/c1-9-6-10(2-3-11(9)14(16)17)13-7-12(15)4-5-18-8-12/h2-3,6,13,15H,4-5,7-8H2,1H3. The Morgan fingerprint density at radius 1 is 1.61 bits per heavy atom. The summed E-state index contributed by atoms with van der Waals surface area (Å²) >= 11 is 1.75. The Morgan fingerprint density at radius 2 is 2.39 bits per heavy atom. The zero-order chi connectivity index (χ0) is 13.2. The number of nitro groups is 1. The summed E-state index contributed by atoms with van der Waals surface area (Å²) in [6.45, 7) is 2.20. The van der Waals surface area contributed by atoms with Crippen molar-refractivity contribution in [2.45, 2.75) is 18.9 Å². The molecule has 2 rings (SSSR count). The van der Waals surface area contributed by atoms with Crippen molar-refractivity contribution in [2.24, 2.45) is 0 Å². The van der Waals surface area contributed by atoms with Crippen LogP contribution in [0.4, 0.5) is 11.4 Å². The fourth-order valence-electron chi connectivity index (χ4n) is 1.97. The number of rotatable bonds is 4. The lowest BCUT2D eigenvalue weighted by Gasteiger charge is -2.22. The maximum Gasteiger partial charge on any atom is 0.272 e. The van der Waals surface area contributed by atoms with Crippen molar-refractivity contribution in [3.63, 3.8) is 0 Å². The SMILES string of the molecule is Cc1cc(NCC2(O)CCSC2)ccc1[N+](=O)[O-]. The second kappa shape index (κ2) is 5.16. The van der Waals surface area contributed by atoms with Crippen LogP contribution in [0.15, 0.2) is 18.2 Å². The van der Waals surface area contributed by atoms with Crippen LogP contribution in [0, 0.1) is 17.0 Å². The number of hydrogen-bond donors (Lipinski definition) is 2. The average molecular weight is 268 g/mol. The zero-order valence-corrected chi connectivity index (χ0v) is 11.0. The first-order chi connectivity index (χ1) is 8.50. The van der Waals surface area contributed by atoms with Crippen LogP contribution < -0.4 is 5.32 Å². The van der Waals surface area contributed by atoms with Crippen LogP contribution in [0.1, 0.15) is 12.0 Å². The van der Waals surface area contributed by atoms with E-state index in [0.29, 0.717) is 12.1 Å². The quantitative estimate of drug-likeness (QED) is 0.646. The van der Waals surface area contributed by atoms with E-state index in [9.17, 15) is 15.2 Å². The lowest BCUT2D eigenvalue weighted by Crippen LogP contribution is -2.36. The van der Waals surface area contributed by atoms with Gasteiger partial charge in [0.1, 0.15) is 0 Å². The monoisotopic (exact) mass is 268 g/mol. The van der Waals surface area contributed by atoms with Crippen LogP contribution in [-0.2, 0) is 0 Å². The first-order valence-electron chi connectivity index (χ1n) is 5.79. The summed E-state index contributed by atoms with van der Waals surface area (Å²) in [5, 5.41) is 24.0. The fraction of sp³-hybridized carbons (Fsp3) is 0.500. The van der Waals surface area contributed by atoms with Gasteiger partial charge in [0.2, 0.25) is 0 Å². The summed E-state index contributed by atoms with van der Waals surface area (Å²) in [5.74, 6) is 1.73. The highest BCUT2D eigenvalue weighted by Crippen LogP contribution is 2.28. The van der Waals surface area contributed by atoms with Crippen LogP contribution in [0.5, 0.6) is 0 Å². The number of anilines is 1. The van der Waals surface area contributed by atoms with Gasteiger partial charge in [-0.3, -0.25) is 10.1 Å². The third-order valence-corrected chi connectivity index (χ3v) is 4.33. The predicted octanol–water partition coefficient (Wildman–Crippen LogP) is 2.18. The summed E-state index contributed by atoms with van der Waals surface area (Å²) in [5.41, 5.74) is 0.900. The lowest BCUT2D eigenvalue weighted by atomic mass is 10.0. The molecule has 0 saturated carbocycles. The smallest absolute Gasteiger partial charge is 0.272 e. The molecule has 0 aliphatic carbocycles. The van der Waals surface area contributed by atoms with Crippen LogP contribution in [0.25, 0.3) is 0 Å². The Balaban J connectivity index is 2.02. The van der Waals surface area contributed by atoms with E-state index in [0.717, 1.165) is 23.6 Å². The molecule has 6 heteroatoms. The number of nitrogens with zero attached hydrogens (tertiary/aromatic N) is 1. The zero-order valence-electron chi connectivity index (χ0n) is 10.2. The van der Waals surface area contributed by atoms with Crippen molar-refractivity contribution in [3.05, 3.63) is 33.9 Å². The largest absolute Gasteiger partial charge is 0.387 e. The van der Waals surface area contributed by atoms with E-state index in [1.54, 1.807) is 30.8 Å². The molecule has 1 atom stereocenters. The second-order valence-corrected chi connectivity index (χ2v) is 5.74. The molecule has 1 aromatic rings. The second-order valence-electron chi connectivity index (χ2n) is 4.64. The maximum atomic E-state index is 10.7. The van der Waals surface area contributed by atoms with E-state index in [2.05, 4.69) is 5.32 Å². The summed E-state index contributed by atoms with van der Waals surface area (Å²) < 4.78 is 0. The van der Waals surface area contributed by atoms with Crippen LogP contribution in [0.3, 0.4) is 0 Å². The van der Waals surface area contributed by atoms with Gasteiger partial charge in [-0.2, -0.15) is 11.8 Å². The molecule has 2 N–H and O–H groups in total. The van der Waals surface area contributed by atoms with Crippen LogP contribution in [0.2, 0.25) is 0 Å². The van der Waals surface area contributed by atoms with E-state index in [1.165, 1.54) is 6.07 Å². The Hall–Kier alpha value is -1.27. The number of benzene rings is 1. The molecular formula is C12H16N2O3S. The molecule has 0 radical (unpaired) electrons. The van der Waals surface area contributed by atoms with E-state index < -0.39 is 5.60 Å². The molecular weight excluding hydrogens is 252 g/mol. The molecule has 0 spiro atoms. The Bertz CT molecular complexity index is 459. The van der Waals surface area contributed by atoms with Gasteiger partial charge in [-0.25, -0.2) is 0 Å². The minimum atomic E-state index is -0.652. The third kappa shape index (κ3) is 2.94. The summed E-state index contributed by atoms with van der Waals surface area (Å²) in [7, 11) is 0. The Morgan fingerprint density at radius 3 is 2.94 bits per heavy atom. The topological polar surface area (TPSA) is 75.4 Å². The van der Waals surface area contributed by atoms with Crippen LogP contribution >= 0.6 is 11.8 Å². The Labute approximate surface area is 110 Å². The number of nitro benzene ring substituents is 1. The highest BCUT2D eigenvalue weighted by molar-refractivity contribution is 7.99. The van der Waals surface area contributed by atoms with Gasteiger partial charge >= 0.3 is 0 Å².